The second-order valence-electron chi connectivity index (χ2n) is 5.20. The first-order chi connectivity index (χ1) is 8.70. The van der Waals surface area contributed by atoms with Crippen molar-refractivity contribution in [2.75, 3.05) is 12.3 Å². The molecule has 2 rings (SSSR count). The van der Waals surface area contributed by atoms with Gasteiger partial charge in [0.25, 0.3) is 0 Å². The molecule has 0 radical (unpaired) electrons. The number of nitrogen functional groups attached to an aromatic ring is 1. The van der Waals surface area contributed by atoms with Crippen LogP contribution in [0.1, 0.15) is 44.6 Å². The maximum absolute atomic E-state index is 6.06. The quantitative estimate of drug-likeness (QED) is 0.832. The van der Waals surface area contributed by atoms with Gasteiger partial charge in [-0.1, -0.05) is 37.8 Å². The van der Waals surface area contributed by atoms with Gasteiger partial charge in [0.15, 0.2) is 0 Å². The van der Waals surface area contributed by atoms with Crippen LogP contribution < -0.4 is 5.73 Å². The molecule has 18 heavy (non-hydrogen) atoms. The second-order valence-corrected chi connectivity index (χ2v) is 5.63. The number of hydrogen-bond donors (Lipinski definition) is 1. The Bertz CT molecular complexity index is 386. The third-order valence-electron chi connectivity index (χ3n) is 3.98. The molecule has 0 bridgehead atoms. The van der Waals surface area contributed by atoms with E-state index in [4.69, 9.17) is 17.3 Å². The highest BCUT2D eigenvalue weighted by molar-refractivity contribution is 6.30. The maximum atomic E-state index is 6.06. The predicted molar refractivity (Wildman–Crippen MR) is 78.8 cm³/mol. The second kappa shape index (κ2) is 6.44. The summed E-state index contributed by atoms with van der Waals surface area (Å²) in [6.07, 6.45) is 6.79. The van der Waals surface area contributed by atoms with Crippen molar-refractivity contribution in [2.24, 2.45) is 0 Å². The molecule has 0 saturated heterocycles. The summed E-state index contributed by atoms with van der Waals surface area (Å²) < 4.78 is 0. The molecular formula is C15H23ClN2. The number of nitrogens with two attached hydrogens (primary N) is 1. The van der Waals surface area contributed by atoms with Gasteiger partial charge < -0.3 is 5.73 Å². The van der Waals surface area contributed by atoms with Gasteiger partial charge in [0.2, 0.25) is 0 Å². The molecule has 1 aromatic rings. The summed E-state index contributed by atoms with van der Waals surface area (Å²) in [7, 11) is 0. The van der Waals surface area contributed by atoms with Crippen LogP contribution >= 0.6 is 11.6 Å². The third kappa shape index (κ3) is 3.39. The first-order valence-corrected chi connectivity index (χ1v) is 7.36. The van der Waals surface area contributed by atoms with Crippen molar-refractivity contribution in [3.05, 3.63) is 28.8 Å². The standard InChI is InChI=1S/C15H23ClN2/c1-2-18(14-6-4-3-5-7-14)11-12-10-13(16)8-9-15(12)17/h8-10,14H,2-7,11,17H2,1H3. The van der Waals surface area contributed by atoms with Gasteiger partial charge in [-0.2, -0.15) is 0 Å². The molecule has 0 aromatic heterocycles. The summed E-state index contributed by atoms with van der Waals surface area (Å²) in [4.78, 5) is 2.54. The van der Waals surface area contributed by atoms with Gasteiger partial charge in [-0.25, -0.2) is 0 Å². The molecule has 1 aromatic carbocycles. The highest BCUT2D eigenvalue weighted by Crippen LogP contribution is 2.26. The van der Waals surface area contributed by atoms with Crippen molar-refractivity contribution in [2.45, 2.75) is 51.6 Å². The Hall–Kier alpha value is -0.730. The van der Waals surface area contributed by atoms with E-state index in [-0.39, 0.29) is 0 Å². The van der Waals surface area contributed by atoms with Gasteiger partial charge >= 0.3 is 0 Å². The highest BCUT2D eigenvalue weighted by Gasteiger charge is 2.20. The summed E-state index contributed by atoms with van der Waals surface area (Å²) in [5.74, 6) is 0. The van der Waals surface area contributed by atoms with Crippen LogP contribution in [-0.4, -0.2) is 17.5 Å². The number of halogens is 1. The van der Waals surface area contributed by atoms with Crippen LogP contribution in [0, 0.1) is 0 Å². The van der Waals surface area contributed by atoms with Crippen molar-refractivity contribution in [1.82, 2.24) is 4.90 Å². The van der Waals surface area contributed by atoms with Crippen molar-refractivity contribution in [3.63, 3.8) is 0 Å². The largest absolute Gasteiger partial charge is 0.398 e. The van der Waals surface area contributed by atoms with Gasteiger partial charge in [-0.3, -0.25) is 4.90 Å². The lowest BCUT2D eigenvalue weighted by atomic mass is 9.94. The van der Waals surface area contributed by atoms with Gasteiger partial charge in [-0.15, -0.1) is 0 Å². The Kier molecular flexibility index (Phi) is 4.90. The molecule has 0 heterocycles. The van der Waals surface area contributed by atoms with E-state index in [9.17, 15) is 0 Å². The molecule has 2 nitrogen and oxygen atoms in total. The maximum Gasteiger partial charge on any atom is 0.0410 e. The predicted octanol–water partition coefficient (Wildman–Crippen LogP) is 4.08. The van der Waals surface area contributed by atoms with Crippen LogP contribution in [-0.2, 0) is 6.54 Å². The van der Waals surface area contributed by atoms with E-state index in [0.717, 1.165) is 35.4 Å². The number of hydrogen-bond acceptors (Lipinski definition) is 2. The van der Waals surface area contributed by atoms with E-state index >= 15 is 0 Å². The summed E-state index contributed by atoms with van der Waals surface area (Å²) in [5, 5.41) is 0.777. The molecule has 100 valence electrons. The first-order valence-electron chi connectivity index (χ1n) is 6.98. The fourth-order valence-corrected chi connectivity index (χ4v) is 3.07. The van der Waals surface area contributed by atoms with E-state index < -0.39 is 0 Å². The van der Waals surface area contributed by atoms with Crippen LogP contribution in [0.4, 0.5) is 5.69 Å². The molecule has 0 atom stereocenters. The molecule has 0 amide bonds. The average Bonchev–Trinajstić information content (AvgIpc) is 2.41. The summed E-state index contributed by atoms with van der Waals surface area (Å²) in [6, 6.07) is 6.49. The van der Waals surface area contributed by atoms with Gasteiger partial charge in [0.05, 0.1) is 0 Å². The Morgan fingerprint density at radius 3 is 2.67 bits per heavy atom. The van der Waals surface area contributed by atoms with Gasteiger partial charge in [0, 0.05) is 23.3 Å². The van der Waals surface area contributed by atoms with Crippen LogP contribution in [0.3, 0.4) is 0 Å². The fourth-order valence-electron chi connectivity index (χ4n) is 2.88. The van der Waals surface area contributed by atoms with Crippen LogP contribution in [0.15, 0.2) is 18.2 Å². The smallest absolute Gasteiger partial charge is 0.0410 e. The van der Waals surface area contributed by atoms with Crippen LogP contribution in [0.25, 0.3) is 0 Å². The number of rotatable bonds is 4. The highest BCUT2D eigenvalue weighted by atomic mass is 35.5. The Morgan fingerprint density at radius 2 is 2.00 bits per heavy atom. The molecule has 0 aliphatic heterocycles. The summed E-state index contributed by atoms with van der Waals surface area (Å²) in [5.41, 5.74) is 8.05. The lowest BCUT2D eigenvalue weighted by Gasteiger charge is -2.33. The van der Waals surface area contributed by atoms with E-state index in [1.807, 2.05) is 18.2 Å². The fraction of sp³-hybridized carbons (Fsp3) is 0.600. The number of anilines is 1. The minimum absolute atomic E-state index is 0.724. The zero-order chi connectivity index (χ0) is 13.0. The van der Waals surface area contributed by atoms with E-state index in [1.54, 1.807) is 0 Å². The first kappa shape index (κ1) is 13.7. The zero-order valence-electron chi connectivity index (χ0n) is 11.2. The molecule has 2 N–H and O–H groups in total. The molecule has 1 aliphatic carbocycles. The molecule has 0 spiro atoms. The van der Waals surface area contributed by atoms with Gasteiger partial charge in [0.1, 0.15) is 0 Å². The van der Waals surface area contributed by atoms with Crippen molar-refractivity contribution in [3.8, 4) is 0 Å². The topological polar surface area (TPSA) is 29.3 Å². The zero-order valence-corrected chi connectivity index (χ0v) is 11.9. The van der Waals surface area contributed by atoms with Crippen molar-refractivity contribution < 1.29 is 0 Å². The SMILES string of the molecule is CCN(Cc1cc(Cl)ccc1N)C1CCCCC1. The van der Waals surface area contributed by atoms with Crippen LogP contribution in [0.5, 0.6) is 0 Å². The van der Waals surface area contributed by atoms with Gasteiger partial charge in [-0.05, 0) is 43.1 Å². The van der Waals surface area contributed by atoms with E-state index in [2.05, 4.69) is 11.8 Å². The Morgan fingerprint density at radius 1 is 1.28 bits per heavy atom. The third-order valence-corrected chi connectivity index (χ3v) is 4.21. The average molecular weight is 267 g/mol. The molecule has 1 saturated carbocycles. The minimum atomic E-state index is 0.724. The van der Waals surface area contributed by atoms with Crippen molar-refractivity contribution in [1.29, 1.82) is 0 Å². The lowest BCUT2D eigenvalue weighted by Crippen LogP contribution is -2.36. The van der Waals surface area contributed by atoms with Crippen molar-refractivity contribution >= 4 is 17.3 Å². The minimum Gasteiger partial charge on any atom is -0.398 e. The summed E-state index contributed by atoms with van der Waals surface area (Å²) in [6.45, 7) is 4.24. The Balaban J connectivity index is 2.06. The molecule has 1 fully saturated rings. The van der Waals surface area contributed by atoms with E-state index in [0.29, 0.717) is 0 Å². The molecular weight excluding hydrogens is 244 g/mol. The summed E-state index contributed by atoms with van der Waals surface area (Å²) >= 11 is 6.06. The number of nitrogens with zero attached hydrogens (tertiary/aromatic N) is 1. The Labute approximate surface area is 115 Å². The monoisotopic (exact) mass is 266 g/mol. The number of benzene rings is 1. The van der Waals surface area contributed by atoms with Crippen LogP contribution in [0.2, 0.25) is 5.02 Å². The molecule has 0 unspecified atom stereocenters. The lowest BCUT2D eigenvalue weighted by molar-refractivity contribution is 0.156. The molecule has 3 heteroatoms. The normalized spacial score (nSPS) is 17.3. The molecule has 1 aliphatic rings. The van der Waals surface area contributed by atoms with E-state index in [1.165, 1.54) is 32.1 Å².